The summed E-state index contributed by atoms with van der Waals surface area (Å²) in [5, 5.41) is 2.45. The number of fused-ring (bicyclic) bond motifs is 4. The van der Waals surface area contributed by atoms with Gasteiger partial charge in [0, 0.05) is 22.1 Å². The summed E-state index contributed by atoms with van der Waals surface area (Å²) in [7, 11) is 0. The lowest BCUT2D eigenvalue weighted by atomic mass is 9.81. The Kier molecular flexibility index (Phi) is 7.85. The molecule has 0 atom stereocenters. The maximum atomic E-state index is 5.04. The first-order chi connectivity index (χ1) is 27.0. The van der Waals surface area contributed by atoms with Crippen LogP contribution in [-0.4, -0.2) is 9.97 Å². The Hall–Kier alpha value is -6.90. The SMILES string of the molecule is CC1(C)c2ccccc2-c2ccc(-c3ccc(-c4ccc5cccc(-c6ccc(-c7nc(-c8ccccc8)cc(-c8ccccc8)n7)cc6)c5c4)cc3)cc21. The summed E-state index contributed by atoms with van der Waals surface area (Å²) in [5.41, 5.74) is 17.7. The highest BCUT2D eigenvalue weighted by atomic mass is 14.9. The fraction of sp³-hybridized carbons (Fsp3) is 0.0566. The van der Waals surface area contributed by atoms with Crippen LogP contribution in [0.25, 0.3) is 89.2 Å². The first-order valence-corrected chi connectivity index (χ1v) is 19.0. The molecule has 1 aliphatic carbocycles. The Morgan fingerprint density at radius 2 is 0.836 bits per heavy atom. The van der Waals surface area contributed by atoms with E-state index in [-0.39, 0.29) is 5.41 Å². The van der Waals surface area contributed by atoms with Crippen LogP contribution in [0.2, 0.25) is 0 Å². The summed E-state index contributed by atoms with van der Waals surface area (Å²) in [6, 6.07) is 69.6. The van der Waals surface area contributed by atoms with Crippen LogP contribution in [0.3, 0.4) is 0 Å². The minimum Gasteiger partial charge on any atom is -0.228 e. The monoisotopic (exact) mass is 702 g/mol. The first kappa shape index (κ1) is 32.7. The minimum atomic E-state index is -0.0158. The Morgan fingerprint density at radius 3 is 1.51 bits per heavy atom. The summed E-state index contributed by atoms with van der Waals surface area (Å²) < 4.78 is 0. The van der Waals surface area contributed by atoms with Gasteiger partial charge in [0.1, 0.15) is 0 Å². The molecule has 0 aliphatic heterocycles. The topological polar surface area (TPSA) is 25.8 Å². The van der Waals surface area contributed by atoms with E-state index in [0.29, 0.717) is 5.82 Å². The highest BCUT2D eigenvalue weighted by Gasteiger charge is 2.35. The largest absolute Gasteiger partial charge is 0.228 e. The minimum absolute atomic E-state index is 0.0158. The summed E-state index contributed by atoms with van der Waals surface area (Å²) in [4.78, 5) is 10.1. The molecule has 0 N–H and O–H groups in total. The van der Waals surface area contributed by atoms with E-state index in [2.05, 4.69) is 172 Å². The van der Waals surface area contributed by atoms with Crippen LogP contribution in [0.15, 0.2) is 194 Å². The third-order valence-corrected chi connectivity index (χ3v) is 11.3. The van der Waals surface area contributed by atoms with Crippen LogP contribution >= 0.6 is 0 Å². The molecule has 2 heteroatoms. The van der Waals surface area contributed by atoms with Gasteiger partial charge in [0.15, 0.2) is 5.82 Å². The average Bonchev–Trinajstić information content (AvgIpc) is 3.49. The van der Waals surface area contributed by atoms with Crippen molar-refractivity contribution in [2.45, 2.75) is 19.3 Å². The molecule has 0 fully saturated rings. The predicted octanol–water partition coefficient (Wildman–Crippen LogP) is 13.9. The van der Waals surface area contributed by atoms with Gasteiger partial charge in [-0.1, -0.05) is 190 Å². The second kappa shape index (κ2) is 13.2. The van der Waals surface area contributed by atoms with E-state index in [1.54, 1.807) is 0 Å². The van der Waals surface area contributed by atoms with E-state index >= 15 is 0 Å². The van der Waals surface area contributed by atoms with Crippen molar-refractivity contribution < 1.29 is 0 Å². The van der Waals surface area contributed by atoms with Gasteiger partial charge in [-0.05, 0) is 84.6 Å². The van der Waals surface area contributed by atoms with Crippen LogP contribution < -0.4 is 0 Å². The van der Waals surface area contributed by atoms with Crippen molar-refractivity contribution in [2.24, 2.45) is 0 Å². The van der Waals surface area contributed by atoms with E-state index in [4.69, 9.17) is 9.97 Å². The molecule has 9 aromatic rings. The lowest BCUT2D eigenvalue weighted by Gasteiger charge is -2.22. The van der Waals surface area contributed by atoms with Crippen molar-refractivity contribution in [3.8, 4) is 78.4 Å². The number of rotatable bonds is 6. The molecule has 0 saturated carbocycles. The number of hydrogen-bond donors (Lipinski definition) is 0. The summed E-state index contributed by atoms with van der Waals surface area (Å²) in [6.45, 7) is 4.68. The fourth-order valence-electron chi connectivity index (χ4n) is 8.33. The summed E-state index contributed by atoms with van der Waals surface area (Å²) in [5.74, 6) is 0.712. The third kappa shape index (κ3) is 5.84. The molecule has 0 bridgehead atoms. The normalized spacial score (nSPS) is 12.7. The van der Waals surface area contributed by atoms with Gasteiger partial charge in [0.05, 0.1) is 11.4 Å². The van der Waals surface area contributed by atoms with Gasteiger partial charge in [0.25, 0.3) is 0 Å². The van der Waals surface area contributed by atoms with Gasteiger partial charge in [-0.15, -0.1) is 0 Å². The van der Waals surface area contributed by atoms with Gasteiger partial charge in [0.2, 0.25) is 0 Å². The third-order valence-electron chi connectivity index (χ3n) is 11.3. The van der Waals surface area contributed by atoms with Gasteiger partial charge in [-0.3, -0.25) is 0 Å². The first-order valence-electron chi connectivity index (χ1n) is 19.0. The zero-order valence-electron chi connectivity index (χ0n) is 30.9. The number of aromatic nitrogens is 2. The summed E-state index contributed by atoms with van der Waals surface area (Å²) in [6.07, 6.45) is 0. The quantitative estimate of drug-likeness (QED) is 0.172. The van der Waals surface area contributed by atoms with Crippen molar-refractivity contribution in [3.63, 3.8) is 0 Å². The molecule has 0 amide bonds. The molecule has 2 nitrogen and oxygen atoms in total. The van der Waals surface area contributed by atoms with E-state index in [1.165, 1.54) is 60.8 Å². The molecule has 55 heavy (non-hydrogen) atoms. The molecule has 0 unspecified atom stereocenters. The van der Waals surface area contributed by atoms with Gasteiger partial charge >= 0.3 is 0 Å². The number of benzene rings is 8. The molecule has 1 aliphatic rings. The highest BCUT2D eigenvalue weighted by molar-refractivity contribution is 5.99. The molecular formula is C53H38N2. The zero-order valence-corrected chi connectivity index (χ0v) is 30.9. The molecule has 0 radical (unpaired) electrons. The van der Waals surface area contributed by atoms with Gasteiger partial charge in [-0.2, -0.15) is 0 Å². The Morgan fingerprint density at radius 1 is 0.327 bits per heavy atom. The van der Waals surface area contributed by atoms with Crippen LogP contribution in [0.4, 0.5) is 0 Å². The molecule has 260 valence electrons. The Labute approximate surface area is 322 Å². The van der Waals surface area contributed by atoms with E-state index in [9.17, 15) is 0 Å². The van der Waals surface area contributed by atoms with Gasteiger partial charge < -0.3 is 0 Å². The molecule has 1 heterocycles. The second-order valence-corrected chi connectivity index (χ2v) is 15.0. The Balaban J connectivity index is 0.963. The second-order valence-electron chi connectivity index (χ2n) is 15.0. The van der Waals surface area contributed by atoms with Crippen molar-refractivity contribution >= 4 is 10.8 Å². The van der Waals surface area contributed by atoms with E-state index in [1.807, 2.05) is 36.4 Å². The van der Waals surface area contributed by atoms with Crippen LogP contribution in [0, 0.1) is 0 Å². The Bertz CT molecular complexity index is 2800. The highest BCUT2D eigenvalue weighted by Crippen LogP contribution is 2.49. The molecule has 10 rings (SSSR count). The lowest BCUT2D eigenvalue weighted by molar-refractivity contribution is 0.660. The fourth-order valence-corrected chi connectivity index (χ4v) is 8.33. The number of nitrogens with zero attached hydrogens (tertiary/aromatic N) is 2. The summed E-state index contributed by atoms with van der Waals surface area (Å²) >= 11 is 0. The van der Waals surface area contributed by atoms with Crippen LogP contribution in [0.1, 0.15) is 25.0 Å². The van der Waals surface area contributed by atoms with Crippen molar-refractivity contribution in [1.29, 1.82) is 0 Å². The molecule has 0 spiro atoms. The maximum Gasteiger partial charge on any atom is 0.160 e. The average molecular weight is 703 g/mol. The standard InChI is InChI=1S/C53H38N2/c1-53(2)48-19-10-9-17-45(48)46-31-30-43(33-49(46)53)36-22-20-35(21-23-36)42-29-26-37-16-11-18-44(47(37)32-42)38-24-27-41(28-25-38)52-54-50(39-12-5-3-6-13-39)34-51(55-52)40-14-7-4-8-15-40/h3-34H,1-2H3. The maximum absolute atomic E-state index is 5.04. The smallest absolute Gasteiger partial charge is 0.160 e. The molecular weight excluding hydrogens is 665 g/mol. The molecule has 8 aromatic carbocycles. The lowest BCUT2D eigenvalue weighted by Crippen LogP contribution is -2.14. The van der Waals surface area contributed by atoms with Gasteiger partial charge in [-0.25, -0.2) is 9.97 Å². The van der Waals surface area contributed by atoms with Crippen LogP contribution in [0.5, 0.6) is 0 Å². The van der Waals surface area contributed by atoms with E-state index in [0.717, 1.165) is 33.6 Å². The van der Waals surface area contributed by atoms with Crippen molar-refractivity contribution in [2.75, 3.05) is 0 Å². The predicted molar refractivity (Wildman–Crippen MR) is 230 cm³/mol. The van der Waals surface area contributed by atoms with E-state index < -0.39 is 0 Å². The van der Waals surface area contributed by atoms with Crippen LogP contribution in [-0.2, 0) is 5.41 Å². The zero-order chi connectivity index (χ0) is 36.9. The molecule has 1 aromatic heterocycles. The molecule has 0 saturated heterocycles. The van der Waals surface area contributed by atoms with Crippen molar-refractivity contribution in [1.82, 2.24) is 9.97 Å². The van der Waals surface area contributed by atoms with Crippen molar-refractivity contribution in [3.05, 3.63) is 205 Å². The number of hydrogen-bond acceptors (Lipinski definition) is 2.